The quantitative estimate of drug-likeness (QED) is 0.597. The molecular weight excluding hydrogens is 287 g/mol. The van der Waals surface area contributed by atoms with Gasteiger partial charge in [-0.1, -0.05) is 19.4 Å². The fourth-order valence-corrected chi connectivity index (χ4v) is 3.43. The maximum Gasteiger partial charge on any atom is 0.324 e. The molecule has 0 aliphatic rings. The Labute approximate surface area is 117 Å². The number of hydrogen-bond acceptors (Lipinski definition) is 4. The van der Waals surface area contributed by atoms with Crippen LogP contribution in [0, 0.1) is 15.9 Å². The van der Waals surface area contributed by atoms with Crippen molar-refractivity contribution in [3.63, 3.8) is 0 Å². The zero-order valence-corrected chi connectivity index (χ0v) is 12.4. The maximum atomic E-state index is 13.5. The fourth-order valence-electron chi connectivity index (χ4n) is 1.87. The van der Waals surface area contributed by atoms with E-state index in [0.29, 0.717) is 6.42 Å². The van der Waals surface area contributed by atoms with E-state index in [-0.39, 0.29) is 6.04 Å². The second-order valence-corrected chi connectivity index (χ2v) is 6.47. The first-order valence-corrected chi connectivity index (χ1v) is 7.58. The Hall–Kier alpha value is -1.54. The number of hydrogen-bond donors (Lipinski definition) is 0. The summed E-state index contributed by atoms with van der Waals surface area (Å²) < 4.78 is 39.3. The maximum absolute atomic E-state index is 13.5. The highest BCUT2D eigenvalue weighted by molar-refractivity contribution is 7.89. The smallest absolute Gasteiger partial charge is 0.258 e. The van der Waals surface area contributed by atoms with Crippen LogP contribution in [-0.2, 0) is 10.0 Å². The van der Waals surface area contributed by atoms with E-state index < -0.39 is 31.3 Å². The van der Waals surface area contributed by atoms with Gasteiger partial charge in [-0.15, -0.1) is 0 Å². The summed E-state index contributed by atoms with van der Waals surface area (Å²) in [7, 11) is -2.77. The van der Waals surface area contributed by atoms with Crippen LogP contribution >= 0.6 is 0 Å². The molecule has 6 nitrogen and oxygen atoms in total. The van der Waals surface area contributed by atoms with Crippen molar-refractivity contribution in [1.82, 2.24) is 4.31 Å². The van der Waals surface area contributed by atoms with Gasteiger partial charge in [-0.3, -0.25) is 10.1 Å². The Morgan fingerprint density at radius 1 is 1.45 bits per heavy atom. The van der Waals surface area contributed by atoms with Crippen LogP contribution in [0.25, 0.3) is 0 Å². The number of nitro benzene ring substituents is 1. The summed E-state index contributed by atoms with van der Waals surface area (Å²) in [6, 6.07) is 2.74. The molecule has 1 aromatic rings. The molecule has 0 fully saturated rings. The summed E-state index contributed by atoms with van der Waals surface area (Å²) in [5, 5.41) is 10.9. The van der Waals surface area contributed by atoms with Crippen LogP contribution < -0.4 is 0 Å². The third-order valence-corrected chi connectivity index (χ3v) is 5.12. The molecule has 1 rings (SSSR count). The number of nitro groups is 1. The molecule has 0 aliphatic carbocycles. The zero-order valence-electron chi connectivity index (χ0n) is 11.5. The Morgan fingerprint density at radius 2 is 2.05 bits per heavy atom. The highest BCUT2D eigenvalue weighted by Gasteiger charge is 2.33. The average molecular weight is 304 g/mol. The largest absolute Gasteiger partial charge is 0.324 e. The third-order valence-electron chi connectivity index (χ3n) is 3.12. The minimum Gasteiger partial charge on any atom is -0.258 e. The topological polar surface area (TPSA) is 80.5 Å². The molecule has 1 atom stereocenters. The standard InChI is InChI=1S/C12H17FN2O4S/c1-4-6-9(2)14(3)20(18,19)11-8-5-7-10(13)12(11)15(16)17/h5,7-9H,4,6H2,1-3H3. The minimum atomic E-state index is -4.11. The fraction of sp³-hybridized carbons (Fsp3) is 0.500. The second kappa shape index (κ2) is 6.27. The molecule has 1 aromatic carbocycles. The predicted octanol–water partition coefficient (Wildman–Crippen LogP) is 2.54. The first kappa shape index (κ1) is 16.5. The first-order valence-electron chi connectivity index (χ1n) is 6.14. The predicted molar refractivity (Wildman–Crippen MR) is 72.4 cm³/mol. The normalized spacial score (nSPS) is 13.4. The summed E-state index contributed by atoms with van der Waals surface area (Å²) in [6.07, 6.45) is 1.38. The van der Waals surface area contributed by atoms with Crippen molar-refractivity contribution in [3.05, 3.63) is 34.1 Å². The Bertz CT molecular complexity index is 603. The molecule has 0 N–H and O–H groups in total. The number of para-hydroxylation sites is 1. The molecule has 20 heavy (non-hydrogen) atoms. The molecule has 0 aromatic heterocycles. The summed E-state index contributed by atoms with van der Waals surface area (Å²) in [5.41, 5.74) is -1.01. The molecule has 0 saturated heterocycles. The summed E-state index contributed by atoms with van der Waals surface area (Å²) >= 11 is 0. The van der Waals surface area contributed by atoms with Crippen molar-refractivity contribution in [3.8, 4) is 0 Å². The van der Waals surface area contributed by atoms with E-state index in [1.54, 1.807) is 6.92 Å². The van der Waals surface area contributed by atoms with Gasteiger partial charge in [-0.25, -0.2) is 8.42 Å². The van der Waals surface area contributed by atoms with E-state index in [1.165, 1.54) is 7.05 Å². The Morgan fingerprint density at radius 3 is 2.55 bits per heavy atom. The summed E-state index contributed by atoms with van der Waals surface area (Å²) in [6.45, 7) is 3.60. The van der Waals surface area contributed by atoms with Gasteiger partial charge in [0.15, 0.2) is 4.90 Å². The first-order chi connectivity index (χ1) is 9.23. The molecule has 0 saturated carbocycles. The van der Waals surface area contributed by atoms with Gasteiger partial charge in [0.05, 0.1) is 4.92 Å². The van der Waals surface area contributed by atoms with Gasteiger partial charge in [-0.05, 0) is 25.5 Å². The van der Waals surface area contributed by atoms with Gasteiger partial charge in [-0.2, -0.15) is 8.70 Å². The van der Waals surface area contributed by atoms with Gasteiger partial charge in [0.1, 0.15) is 0 Å². The van der Waals surface area contributed by atoms with Crippen molar-refractivity contribution in [2.75, 3.05) is 7.05 Å². The average Bonchev–Trinajstić information content (AvgIpc) is 2.37. The lowest BCUT2D eigenvalue weighted by molar-refractivity contribution is -0.390. The molecule has 0 amide bonds. The van der Waals surface area contributed by atoms with Crippen LogP contribution in [-0.4, -0.2) is 30.7 Å². The molecule has 8 heteroatoms. The van der Waals surface area contributed by atoms with E-state index in [4.69, 9.17) is 0 Å². The van der Waals surface area contributed by atoms with Crippen molar-refractivity contribution < 1.29 is 17.7 Å². The van der Waals surface area contributed by atoms with Gasteiger partial charge >= 0.3 is 5.69 Å². The van der Waals surface area contributed by atoms with E-state index >= 15 is 0 Å². The highest BCUT2D eigenvalue weighted by atomic mass is 32.2. The van der Waals surface area contributed by atoms with Crippen molar-refractivity contribution in [1.29, 1.82) is 0 Å². The van der Waals surface area contributed by atoms with Crippen LogP contribution in [0.1, 0.15) is 26.7 Å². The lowest BCUT2D eigenvalue weighted by Gasteiger charge is -2.23. The monoisotopic (exact) mass is 304 g/mol. The number of rotatable bonds is 6. The van der Waals surface area contributed by atoms with Gasteiger partial charge in [0.25, 0.3) is 0 Å². The SMILES string of the molecule is CCCC(C)N(C)S(=O)(=O)c1cccc(F)c1[N+](=O)[O-]. The molecular formula is C12H17FN2O4S. The second-order valence-electron chi connectivity index (χ2n) is 4.50. The zero-order chi connectivity index (χ0) is 15.5. The van der Waals surface area contributed by atoms with Crippen LogP contribution in [0.15, 0.2) is 23.1 Å². The molecule has 0 bridgehead atoms. The molecule has 0 radical (unpaired) electrons. The van der Waals surface area contributed by atoms with Gasteiger partial charge < -0.3 is 0 Å². The van der Waals surface area contributed by atoms with E-state index in [1.807, 2.05) is 6.92 Å². The van der Waals surface area contributed by atoms with Gasteiger partial charge in [0, 0.05) is 13.1 Å². The van der Waals surface area contributed by atoms with Crippen molar-refractivity contribution >= 4 is 15.7 Å². The van der Waals surface area contributed by atoms with Crippen LogP contribution in [0.5, 0.6) is 0 Å². The lowest BCUT2D eigenvalue weighted by atomic mass is 10.2. The van der Waals surface area contributed by atoms with Crippen LogP contribution in [0.2, 0.25) is 0 Å². The lowest BCUT2D eigenvalue weighted by Crippen LogP contribution is -2.35. The Kier molecular flexibility index (Phi) is 5.18. The van der Waals surface area contributed by atoms with Gasteiger partial charge in [0.2, 0.25) is 15.8 Å². The van der Waals surface area contributed by atoms with Crippen molar-refractivity contribution in [2.45, 2.75) is 37.6 Å². The third kappa shape index (κ3) is 3.13. The molecule has 0 aliphatic heterocycles. The molecule has 0 spiro atoms. The van der Waals surface area contributed by atoms with E-state index in [9.17, 15) is 22.9 Å². The molecule has 112 valence electrons. The van der Waals surface area contributed by atoms with Crippen LogP contribution in [0.3, 0.4) is 0 Å². The molecule has 0 heterocycles. The highest BCUT2D eigenvalue weighted by Crippen LogP contribution is 2.29. The number of halogens is 1. The van der Waals surface area contributed by atoms with E-state index in [0.717, 1.165) is 28.9 Å². The van der Waals surface area contributed by atoms with Crippen molar-refractivity contribution in [2.24, 2.45) is 0 Å². The van der Waals surface area contributed by atoms with Crippen LogP contribution in [0.4, 0.5) is 10.1 Å². The number of sulfonamides is 1. The number of nitrogens with zero attached hydrogens (tertiary/aromatic N) is 2. The molecule has 1 unspecified atom stereocenters. The summed E-state index contributed by atoms with van der Waals surface area (Å²) in [5.74, 6) is -1.16. The minimum absolute atomic E-state index is 0.326. The number of benzene rings is 1. The summed E-state index contributed by atoms with van der Waals surface area (Å²) in [4.78, 5) is 9.26. The Balaban J connectivity index is 3.36. The van der Waals surface area contributed by atoms with E-state index in [2.05, 4.69) is 0 Å².